The van der Waals surface area contributed by atoms with Crippen molar-refractivity contribution in [2.24, 2.45) is 0 Å². The van der Waals surface area contributed by atoms with Crippen LogP contribution < -0.4 is 20.3 Å². The molecule has 2 N–H and O–H groups in total. The number of hydrogen-bond acceptors (Lipinski definition) is 6. The Bertz CT molecular complexity index is 1380. The van der Waals surface area contributed by atoms with Crippen LogP contribution in [0.5, 0.6) is 11.5 Å². The summed E-state index contributed by atoms with van der Waals surface area (Å²) in [6, 6.07) is 10.9. The molecule has 0 aliphatic rings. The second-order valence-corrected chi connectivity index (χ2v) is 8.21. The summed E-state index contributed by atoms with van der Waals surface area (Å²) in [7, 11) is 3.02. The molecule has 2 heterocycles. The third-order valence-electron chi connectivity index (χ3n) is 4.86. The van der Waals surface area contributed by atoms with Crippen molar-refractivity contribution in [2.75, 3.05) is 19.5 Å². The van der Waals surface area contributed by atoms with Crippen molar-refractivity contribution in [3.8, 4) is 11.5 Å². The number of thiazole rings is 1. The first-order chi connectivity index (χ1) is 14.5. The van der Waals surface area contributed by atoms with E-state index in [1.807, 2.05) is 24.3 Å². The van der Waals surface area contributed by atoms with E-state index in [0.717, 1.165) is 17.8 Å². The van der Waals surface area contributed by atoms with Gasteiger partial charge in [0.05, 0.1) is 25.1 Å². The zero-order valence-electron chi connectivity index (χ0n) is 16.6. The Morgan fingerprint density at radius 2 is 1.83 bits per heavy atom. The average molecular weight is 442 g/mol. The van der Waals surface area contributed by atoms with Gasteiger partial charge in [-0.2, -0.15) is 0 Å². The van der Waals surface area contributed by atoms with Crippen molar-refractivity contribution >= 4 is 51.7 Å². The number of anilines is 1. The minimum atomic E-state index is -0.347. The Hall–Kier alpha value is -3.17. The van der Waals surface area contributed by atoms with Crippen molar-refractivity contribution in [1.82, 2.24) is 9.38 Å². The largest absolute Gasteiger partial charge is 0.493 e. The maximum Gasteiger partial charge on any atom is 0.269 e. The summed E-state index contributed by atoms with van der Waals surface area (Å²) in [6.45, 7) is 2.07. The summed E-state index contributed by atoms with van der Waals surface area (Å²) in [5, 5.41) is 3.25. The van der Waals surface area contributed by atoms with Gasteiger partial charge in [0, 0.05) is 11.8 Å². The highest BCUT2D eigenvalue weighted by molar-refractivity contribution is 7.73. The number of benzene rings is 2. The number of aromatic nitrogens is 2. The van der Waals surface area contributed by atoms with Crippen molar-refractivity contribution < 1.29 is 14.3 Å². The number of nitrogens with one attached hydrogen (secondary N) is 2. The molecule has 0 saturated heterocycles. The number of carbonyl (C=O) groups excluding carboxylic acids is 1. The molecule has 0 fully saturated rings. The highest BCUT2D eigenvalue weighted by atomic mass is 32.1. The smallest absolute Gasteiger partial charge is 0.269 e. The first-order valence-corrected chi connectivity index (χ1v) is 10.4. The SMILES string of the molecule is CCc1ccc(NC(=O)c2sc(=S)n3c2[nH]c(=O)c2cc(OC)c(OC)cc23)cc1. The molecule has 1 amide bonds. The molecule has 7 nitrogen and oxygen atoms in total. The first kappa shape index (κ1) is 20.1. The number of hydrogen-bond donors (Lipinski definition) is 2. The van der Waals surface area contributed by atoms with Crippen LogP contribution in [-0.4, -0.2) is 29.5 Å². The topological polar surface area (TPSA) is 84.8 Å². The van der Waals surface area contributed by atoms with E-state index in [1.54, 1.807) is 16.5 Å². The van der Waals surface area contributed by atoms with Crippen LogP contribution in [0.1, 0.15) is 22.2 Å². The van der Waals surface area contributed by atoms with Crippen LogP contribution in [0.2, 0.25) is 0 Å². The number of methoxy groups -OCH3 is 2. The lowest BCUT2D eigenvalue weighted by Crippen LogP contribution is -2.15. The zero-order chi connectivity index (χ0) is 21.4. The van der Waals surface area contributed by atoms with Gasteiger partial charge in [-0.25, -0.2) is 0 Å². The van der Waals surface area contributed by atoms with Crippen LogP contribution in [0.25, 0.3) is 16.6 Å². The predicted molar refractivity (Wildman–Crippen MR) is 121 cm³/mol. The molecule has 9 heteroatoms. The summed E-state index contributed by atoms with van der Waals surface area (Å²) < 4.78 is 12.8. The van der Waals surface area contributed by atoms with Gasteiger partial charge in [0.25, 0.3) is 11.5 Å². The third-order valence-corrected chi connectivity index (χ3v) is 6.23. The lowest BCUT2D eigenvalue weighted by Gasteiger charge is -2.10. The van der Waals surface area contributed by atoms with E-state index in [4.69, 9.17) is 21.7 Å². The van der Waals surface area contributed by atoms with Gasteiger partial charge in [-0.15, -0.1) is 0 Å². The highest BCUT2D eigenvalue weighted by Gasteiger charge is 2.20. The summed E-state index contributed by atoms with van der Waals surface area (Å²) in [5.74, 6) is 0.561. The molecule has 0 aliphatic carbocycles. The molecule has 0 radical (unpaired) electrons. The molecule has 154 valence electrons. The van der Waals surface area contributed by atoms with Crippen LogP contribution in [-0.2, 0) is 6.42 Å². The highest BCUT2D eigenvalue weighted by Crippen LogP contribution is 2.32. The zero-order valence-corrected chi connectivity index (χ0v) is 18.2. The number of amides is 1. The Morgan fingerprint density at radius 1 is 1.17 bits per heavy atom. The molecule has 0 unspecified atom stereocenters. The van der Waals surface area contributed by atoms with Crippen LogP contribution in [0, 0.1) is 3.95 Å². The molecule has 0 aliphatic heterocycles. The number of nitrogens with zero attached hydrogens (tertiary/aromatic N) is 1. The van der Waals surface area contributed by atoms with Crippen molar-refractivity contribution in [3.63, 3.8) is 0 Å². The molecule has 2 aromatic carbocycles. The van der Waals surface area contributed by atoms with Gasteiger partial charge in [0.15, 0.2) is 15.5 Å². The van der Waals surface area contributed by atoms with E-state index in [-0.39, 0.29) is 11.5 Å². The normalized spacial score (nSPS) is 11.0. The predicted octanol–water partition coefficient (Wildman–Crippen LogP) is 4.40. The number of H-pyrrole nitrogens is 1. The van der Waals surface area contributed by atoms with Gasteiger partial charge in [-0.05, 0) is 42.4 Å². The van der Waals surface area contributed by atoms with Gasteiger partial charge in [-0.1, -0.05) is 30.4 Å². The number of aryl methyl sites for hydroxylation is 1. The maximum atomic E-state index is 12.9. The van der Waals surface area contributed by atoms with E-state index in [0.29, 0.717) is 42.6 Å². The Labute approximate surface area is 180 Å². The number of fused-ring (bicyclic) bond motifs is 3. The quantitative estimate of drug-likeness (QED) is 0.448. The fourth-order valence-corrected chi connectivity index (χ4v) is 4.56. The van der Waals surface area contributed by atoms with Gasteiger partial charge in [0.1, 0.15) is 10.5 Å². The lowest BCUT2D eigenvalue weighted by molar-refractivity contribution is 0.103. The summed E-state index contributed by atoms with van der Waals surface area (Å²) >= 11 is 6.64. The minimum Gasteiger partial charge on any atom is -0.493 e. The van der Waals surface area contributed by atoms with Gasteiger partial charge >= 0.3 is 0 Å². The molecule has 0 spiro atoms. The van der Waals surface area contributed by atoms with Crippen molar-refractivity contribution in [1.29, 1.82) is 0 Å². The molecule has 4 aromatic rings. The van der Waals surface area contributed by atoms with Crippen LogP contribution in [0.4, 0.5) is 5.69 Å². The second kappa shape index (κ2) is 7.92. The molecule has 30 heavy (non-hydrogen) atoms. The Balaban J connectivity index is 1.86. The van der Waals surface area contributed by atoms with E-state index in [9.17, 15) is 9.59 Å². The molecule has 2 aromatic heterocycles. The second-order valence-electron chi connectivity index (χ2n) is 6.56. The Morgan fingerprint density at radius 3 is 2.47 bits per heavy atom. The van der Waals surface area contributed by atoms with Gasteiger partial charge in [-0.3, -0.25) is 14.0 Å². The fourth-order valence-electron chi connectivity index (χ4n) is 3.28. The van der Waals surface area contributed by atoms with E-state index >= 15 is 0 Å². The Kier molecular flexibility index (Phi) is 5.31. The number of ether oxygens (including phenoxy) is 2. The lowest BCUT2D eigenvalue weighted by atomic mass is 10.1. The van der Waals surface area contributed by atoms with Gasteiger partial charge in [0.2, 0.25) is 0 Å². The first-order valence-electron chi connectivity index (χ1n) is 9.20. The molecule has 0 saturated carbocycles. The molecular formula is C21H19N3O4S2. The van der Waals surface area contributed by atoms with Gasteiger partial charge < -0.3 is 19.8 Å². The van der Waals surface area contributed by atoms with Crippen LogP contribution in [0.3, 0.4) is 0 Å². The number of aromatic amines is 1. The molecule has 4 rings (SSSR count). The number of carbonyl (C=O) groups is 1. The summed E-state index contributed by atoms with van der Waals surface area (Å²) in [5.41, 5.74) is 2.39. The average Bonchev–Trinajstić information content (AvgIpc) is 3.09. The fraction of sp³-hybridized carbons (Fsp3) is 0.190. The summed E-state index contributed by atoms with van der Waals surface area (Å²) in [4.78, 5) is 28.8. The maximum absolute atomic E-state index is 12.9. The minimum absolute atomic E-state index is 0.327. The standard InChI is InChI=1S/C21H19N3O4S2/c1-4-11-5-7-12(8-6-11)22-20(26)17-18-23-19(25)13-9-15(27-2)16(28-3)10-14(13)24(18)21(29)30-17/h5-10H,4H2,1-3H3,(H,22,26)(H,23,25). The third kappa shape index (κ3) is 3.35. The monoisotopic (exact) mass is 441 g/mol. The van der Waals surface area contributed by atoms with E-state index < -0.39 is 0 Å². The van der Waals surface area contributed by atoms with E-state index in [2.05, 4.69) is 17.2 Å². The number of rotatable bonds is 5. The summed E-state index contributed by atoms with van der Waals surface area (Å²) in [6.07, 6.45) is 0.919. The van der Waals surface area contributed by atoms with Crippen LogP contribution in [0.15, 0.2) is 41.2 Å². The van der Waals surface area contributed by atoms with Crippen LogP contribution >= 0.6 is 23.6 Å². The molecule has 0 atom stereocenters. The van der Waals surface area contributed by atoms with E-state index in [1.165, 1.54) is 19.8 Å². The van der Waals surface area contributed by atoms with Crippen molar-refractivity contribution in [2.45, 2.75) is 13.3 Å². The molecule has 0 bridgehead atoms. The molecular weight excluding hydrogens is 422 g/mol. The van der Waals surface area contributed by atoms with Crippen molar-refractivity contribution in [3.05, 3.63) is 61.1 Å².